The van der Waals surface area contributed by atoms with Gasteiger partial charge >= 0.3 is 6.18 Å². The van der Waals surface area contributed by atoms with Crippen LogP contribution in [0.1, 0.15) is 10.4 Å². The van der Waals surface area contributed by atoms with E-state index in [0.29, 0.717) is 4.47 Å². The summed E-state index contributed by atoms with van der Waals surface area (Å²) in [5.74, 6) is -0.395. The van der Waals surface area contributed by atoms with Gasteiger partial charge in [-0.3, -0.25) is 4.79 Å². The first-order chi connectivity index (χ1) is 9.26. The van der Waals surface area contributed by atoms with Crippen LogP contribution in [-0.4, -0.2) is 47.9 Å². The molecule has 4 nitrogen and oxygen atoms in total. The van der Waals surface area contributed by atoms with Crippen LogP contribution in [0.3, 0.4) is 0 Å². The Morgan fingerprint density at radius 2 is 2.10 bits per heavy atom. The zero-order valence-electron chi connectivity index (χ0n) is 10.2. The highest BCUT2D eigenvalue weighted by molar-refractivity contribution is 9.10. The number of aliphatic hydroxyl groups excluding tert-OH is 1. The van der Waals surface area contributed by atoms with Gasteiger partial charge in [0.15, 0.2) is 6.61 Å². The number of benzene rings is 1. The second-order valence-corrected chi connectivity index (χ2v) is 5.27. The predicted octanol–water partition coefficient (Wildman–Crippen LogP) is 2.21. The van der Waals surface area contributed by atoms with Crippen LogP contribution in [0.15, 0.2) is 22.7 Å². The number of amides is 1. The fourth-order valence-electron chi connectivity index (χ4n) is 1.71. The lowest BCUT2D eigenvalue weighted by atomic mass is 10.1. The van der Waals surface area contributed by atoms with Crippen LogP contribution in [0.2, 0.25) is 0 Å². The molecule has 1 saturated heterocycles. The van der Waals surface area contributed by atoms with Gasteiger partial charge in [0, 0.05) is 18.7 Å². The average molecular weight is 354 g/mol. The van der Waals surface area contributed by atoms with Crippen molar-refractivity contribution >= 4 is 21.8 Å². The molecule has 1 amide bonds. The van der Waals surface area contributed by atoms with Crippen molar-refractivity contribution in [1.82, 2.24) is 4.90 Å². The second kappa shape index (κ2) is 5.61. The monoisotopic (exact) mass is 353 g/mol. The molecular formula is C12H11BrF3NO3. The summed E-state index contributed by atoms with van der Waals surface area (Å²) in [4.78, 5) is 13.4. The number of halogens is 4. The van der Waals surface area contributed by atoms with E-state index in [2.05, 4.69) is 20.7 Å². The third kappa shape index (κ3) is 3.63. The van der Waals surface area contributed by atoms with Gasteiger partial charge in [-0.1, -0.05) is 0 Å². The lowest BCUT2D eigenvalue weighted by Gasteiger charge is -2.35. The van der Waals surface area contributed by atoms with Crippen molar-refractivity contribution in [1.29, 1.82) is 0 Å². The normalized spacial score (nSPS) is 15.9. The fourth-order valence-corrected chi connectivity index (χ4v) is 2.07. The Labute approximate surface area is 121 Å². The Balaban J connectivity index is 2.10. The maximum Gasteiger partial charge on any atom is 0.422 e. The molecule has 20 heavy (non-hydrogen) atoms. The minimum Gasteiger partial charge on any atom is -0.483 e. The van der Waals surface area contributed by atoms with Gasteiger partial charge in [-0.25, -0.2) is 0 Å². The van der Waals surface area contributed by atoms with E-state index in [-0.39, 0.29) is 30.3 Å². The number of likely N-dealkylation sites (tertiary alicyclic amines) is 1. The van der Waals surface area contributed by atoms with E-state index < -0.39 is 18.9 Å². The molecule has 1 heterocycles. The number of hydrogen-bond donors (Lipinski definition) is 1. The first kappa shape index (κ1) is 15.1. The molecule has 0 saturated carbocycles. The van der Waals surface area contributed by atoms with Crippen molar-refractivity contribution in [2.24, 2.45) is 0 Å². The molecule has 1 aromatic rings. The Hall–Kier alpha value is -1.28. The van der Waals surface area contributed by atoms with Crippen molar-refractivity contribution < 1.29 is 27.8 Å². The molecule has 1 aromatic carbocycles. The summed E-state index contributed by atoms with van der Waals surface area (Å²) in [5.41, 5.74) is 0.220. The molecule has 0 aliphatic carbocycles. The minimum atomic E-state index is -4.44. The van der Waals surface area contributed by atoms with Crippen molar-refractivity contribution in [3.8, 4) is 5.75 Å². The Morgan fingerprint density at radius 3 is 2.65 bits per heavy atom. The SMILES string of the molecule is O=C(c1ccc(Br)c(OCC(F)(F)F)c1)N1CC(O)C1. The van der Waals surface area contributed by atoms with Crippen molar-refractivity contribution in [2.75, 3.05) is 19.7 Å². The van der Waals surface area contributed by atoms with E-state index in [9.17, 15) is 18.0 Å². The van der Waals surface area contributed by atoms with Crippen LogP contribution in [0.4, 0.5) is 13.2 Å². The Kier molecular flexibility index (Phi) is 4.24. The number of carbonyl (C=O) groups is 1. The first-order valence-electron chi connectivity index (χ1n) is 5.73. The highest BCUT2D eigenvalue weighted by Gasteiger charge is 2.31. The van der Waals surface area contributed by atoms with Gasteiger partial charge in [-0.05, 0) is 34.1 Å². The lowest BCUT2D eigenvalue weighted by Crippen LogP contribution is -2.53. The number of rotatable bonds is 3. The van der Waals surface area contributed by atoms with Crippen LogP contribution in [0.5, 0.6) is 5.75 Å². The molecule has 1 fully saturated rings. The van der Waals surface area contributed by atoms with Crippen LogP contribution in [-0.2, 0) is 0 Å². The number of hydrogen-bond acceptors (Lipinski definition) is 3. The van der Waals surface area contributed by atoms with Crippen molar-refractivity contribution in [2.45, 2.75) is 12.3 Å². The quantitative estimate of drug-likeness (QED) is 0.906. The van der Waals surface area contributed by atoms with Gasteiger partial charge in [0.2, 0.25) is 0 Å². The molecule has 1 aliphatic heterocycles. The van der Waals surface area contributed by atoms with Gasteiger partial charge in [0.25, 0.3) is 5.91 Å². The summed E-state index contributed by atoms with van der Waals surface area (Å²) < 4.78 is 41.4. The molecule has 0 radical (unpaired) electrons. The van der Waals surface area contributed by atoms with Crippen molar-refractivity contribution in [3.05, 3.63) is 28.2 Å². The summed E-state index contributed by atoms with van der Waals surface area (Å²) >= 11 is 3.07. The third-order valence-electron chi connectivity index (χ3n) is 2.72. The molecule has 0 spiro atoms. The van der Waals surface area contributed by atoms with E-state index in [1.54, 1.807) is 0 Å². The lowest BCUT2D eigenvalue weighted by molar-refractivity contribution is -0.153. The minimum absolute atomic E-state index is 0.0470. The molecule has 0 aromatic heterocycles. The molecule has 2 rings (SSSR count). The summed E-state index contributed by atoms with van der Waals surface area (Å²) in [7, 11) is 0. The van der Waals surface area contributed by atoms with Crippen LogP contribution < -0.4 is 4.74 Å². The predicted molar refractivity (Wildman–Crippen MR) is 67.6 cm³/mol. The van der Waals surface area contributed by atoms with Gasteiger partial charge < -0.3 is 14.7 Å². The number of β-amino-alcohol motifs (C(OH)–C–C–N with tert-alkyl or cyclic N) is 1. The summed E-state index contributed by atoms with van der Waals surface area (Å²) in [5, 5.41) is 9.14. The number of nitrogens with zero attached hydrogens (tertiary/aromatic N) is 1. The van der Waals surface area contributed by atoms with E-state index in [0.717, 1.165) is 0 Å². The van der Waals surface area contributed by atoms with Crippen molar-refractivity contribution in [3.63, 3.8) is 0 Å². The molecule has 1 N–H and O–H groups in total. The van der Waals surface area contributed by atoms with Crippen LogP contribution >= 0.6 is 15.9 Å². The molecule has 110 valence electrons. The second-order valence-electron chi connectivity index (χ2n) is 4.41. The molecule has 8 heteroatoms. The third-order valence-corrected chi connectivity index (χ3v) is 3.37. The maximum absolute atomic E-state index is 12.1. The highest BCUT2D eigenvalue weighted by atomic mass is 79.9. The summed E-state index contributed by atoms with van der Waals surface area (Å²) in [6, 6.07) is 4.19. The van der Waals surface area contributed by atoms with Gasteiger partial charge in [-0.2, -0.15) is 13.2 Å². The van der Waals surface area contributed by atoms with E-state index in [1.807, 2.05) is 0 Å². The topological polar surface area (TPSA) is 49.8 Å². The smallest absolute Gasteiger partial charge is 0.422 e. The molecule has 0 unspecified atom stereocenters. The highest BCUT2D eigenvalue weighted by Crippen LogP contribution is 2.29. The van der Waals surface area contributed by atoms with E-state index >= 15 is 0 Å². The van der Waals surface area contributed by atoms with Crippen LogP contribution in [0, 0.1) is 0 Å². The Bertz CT molecular complexity index is 515. The molecule has 1 aliphatic rings. The van der Waals surface area contributed by atoms with Gasteiger partial charge in [0.1, 0.15) is 5.75 Å². The molecular weight excluding hydrogens is 343 g/mol. The number of carbonyl (C=O) groups excluding carboxylic acids is 1. The zero-order valence-corrected chi connectivity index (χ0v) is 11.7. The number of ether oxygens (including phenoxy) is 1. The number of aliphatic hydroxyl groups is 1. The maximum atomic E-state index is 12.1. The molecule has 0 bridgehead atoms. The van der Waals surface area contributed by atoms with Crippen LogP contribution in [0.25, 0.3) is 0 Å². The zero-order chi connectivity index (χ0) is 14.9. The van der Waals surface area contributed by atoms with E-state index in [1.165, 1.54) is 23.1 Å². The fraction of sp³-hybridized carbons (Fsp3) is 0.417. The number of alkyl halides is 3. The first-order valence-corrected chi connectivity index (χ1v) is 6.52. The van der Waals surface area contributed by atoms with Gasteiger partial charge in [-0.15, -0.1) is 0 Å². The van der Waals surface area contributed by atoms with E-state index in [4.69, 9.17) is 5.11 Å². The average Bonchev–Trinajstić information content (AvgIpc) is 2.32. The standard InChI is InChI=1S/C12H11BrF3NO3/c13-9-2-1-7(11(19)17-4-8(18)5-17)3-10(9)20-6-12(14,15)16/h1-3,8,18H,4-6H2. The largest absolute Gasteiger partial charge is 0.483 e. The Morgan fingerprint density at radius 1 is 1.45 bits per heavy atom. The van der Waals surface area contributed by atoms with Gasteiger partial charge in [0.05, 0.1) is 10.6 Å². The summed E-state index contributed by atoms with van der Waals surface area (Å²) in [6.07, 6.45) is -4.98. The molecule has 0 atom stereocenters. The summed E-state index contributed by atoms with van der Waals surface area (Å²) in [6.45, 7) is -0.965.